The number of hydrogen-bond acceptors (Lipinski definition) is 5. The summed E-state index contributed by atoms with van der Waals surface area (Å²) in [6.45, 7) is 8.00. The van der Waals surface area contributed by atoms with Gasteiger partial charge < -0.3 is 10.2 Å². The first-order chi connectivity index (χ1) is 15.4. The topological polar surface area (TPSA) is 58.4 Å². The summed E-state index contributed by atoms with van der Waals surface area (Å²) in [5, 5.41) is 9.88. The van der Waals surface area contributed by atoms with Gasteiger partial charge in [0, 0.05) is 35.8 Å². The van der Waals surface area contributed by atoms with Crippen LogP contribution in [-0.4, -0.2) is 44.8 Å². The molecule has 6 nitrogen and oxygen atoms in total. The van der Waals surface area contributed by atoms with Crippen LogP contribution >= 0.6 is 23.2 Å². The summed E-state index contributed by atoms with van der Waals surface area (Å²) >= 11 is 12.7. The van der Waals surface area contributed by atoms with Crippen molar-refractivity contribution in [2.75, 3.05) is 18.0 Å². The number of hydrogen-bond donors (Lipinski definition) is 1. The number of nitrogens with zero attached hydrogens (tertiary/aromatic N) is 5. The summed E-state index contributed by atoms with van der Waals surface area (Å²) in [4.78, 5) is 11.8. The van der Waals surface area contributed by atoms with Crippen molar-refractivity contribution in [2.24, 2.45) is 0 Å². The van der Waals surface area contributed by atoms with Crippen molar-refractivity contribution in [1.82, 2.24) is 24.9 Å². The van der Waals surface area contributed by atoms with Crippen LogP contribution in [0.4, 0.5) is 5.95 Å². The van der Waals surface area contributed by atoms with E-state index in [-0.39, 0.29) is 0 Å². The molecule has 0 spiro atoms. The fraction of sp³-hybridized carbons (Fsp3) is 0.292. The number of fused-ring (bicyclic) bond motifs is 1. The molecule has 1 saturated heterocycles. The summed E-state index contributed by atoms with van der Waals surface area (Å²) < 4.78 is 1.85. The number of aryl methyl sites for hydroxylation is 1. The standard InChI is InChI=1S/C24H24Cl2N6/c1-14(2)27-18-12-31(13-18)24-29-15(3)28-23-21(16-8-10-17(25)11-9-16)22(30-32(23)24)19-6-4-5-7-20(19)26/h4-11,14,18,27H,12-13H2,1-3H3. The van der Waals surface area contributed by atoms with Gasteiger partial charge in [-0.05, 0) is 30.7 Å². The van der Waals surface area contributed by atoms with Crippen LogP contribution in [0.5, 0.6) is 0 Å². The summed E-state index contributed by atoms with van der Waals surface area (Å²) in [7, 11) is 0. The van der Waals surface area contributed by atoms with E-state index in [1.807, 2.05) is 60.0 Å². The highest BCUT2D eigenvalue weighted by Gasteiger charge is 2.31. The Morgan fingerprint density at radius 3 is 2.41 bits per heavy atom. The molecule has 3 heterocycles. The van der Waals surface area contributed by atoms with E-state index in [0.717, 1.165) is 47.1 Å². The summed E-state index contributed by atoms with van der Waals surface area (Å²) in [6.07, 6.45) is 0. The number of rotatable bonds is 5. The van der Waals surface area contributed by atoms with E-state index in [9.17, 15) is 0 Å². The maximum absolute atomic E-state index is 6.59. The van der Waals surface area contributed by atoms with Crippen LogP contribution < -0.4 is 10.2 Å². The molecule has 32 heavy (non-hydrogen) atoms. The van der Waals surface area contributed by atoms with E-state index in [4.69, 9.17) is 38.3 Å². The second-order valence-electron chi connectivity index (χ2n) is 8.44. The lowest BCUT2D eigenvalue weighted by atomic mass is 10.0. The second kappa shape index (κ2) is 8.35. The van der Waals surface area contributed by atoms with Crippen molar-refractivity contribution in [3.8, 4) is 22.4 Å². The minimum absolute atomic E-state index is 0.439. The molecule has 2 aromatic heterocycles. The van der Waals surface area contributed by atoms with Gasteiger partial charge in [-0.3, -0.25) is 0 Å². The third-order valence-corrected chi connectivity index (χ3v) is 6.16. The molecule has 0 saturated carbocycles. The Morgan fingerprint density at radius 1 is 1.00 bits per heavy atom. The van der Waals surface area contributed by atoms with Crippen molar-refractivity contribution in [3.05, 3.63) is 64.4 Å². The van der Waals surface area contributed by atoms with Crippen LogP contribution in [0.25, 0.3) is 28.0 Å². The zero-order valence-electron chi connectivity index (χ0n) is 18.2. The Kier molecular flexibility index (Phi) is 5.53. The molecule has 1 aliphatic heterocycles. The van der Waals surface area contributed by atoms with Crippen LogP contribution in [-0.2, 0) is 0 Å². The highest BCUT2D eigenvalue weighted by Crippen LogP contribution is 2.39. The third-order valence-electron chi connectivity index (χ3n) is 5.58. The van der Waals surface area contributed by atoms with E-state index in [1.165, 1.54) is 0 Å². The van der Waals surface area contributed by atoms with Crippen LogP contribution in [0.3, 0.4) is 0 Å². The molecule has 5 rings (SSSR count). The molecule has 1 fully saturated rings. The fourth-order valence-electron chi connectivity index (χ4n) is 4.17. The minimum Gasteiger partial charge on any atom is -0.337 e. The van der Waals surface area contributed by atoms with Gasteiger partial charge >= 0.3 is 0 Å². The first kappa shape index (κ1) is 21.2. The van der Waals surface area contributed by atoms with Gasteiger partial charge in [0.15, 0.2) is 5.65 Å². The third kappa shape index (κ3) is 3.83. The molecule has 0 aliphatic carbocycles. The number of anilines is 1. The summed E-state index contributed by atoms with van der Waals surface area (Å²) in [6, 6.07) is 16.4. The Hall–Kier alpha value is -2.67. The van der Waals surface area contributed by atoms with E-state index in [1.54, 1.807) is 0 Å². The molecule has 0 atom stereocenters. The number of benzene rings is 2. The lowest BCUT2D eigenvalue weighted by Crippen LogP contribution is -2.60. The SMILES string of the molecule is Cc1nc(N2CC(NC(C)C)C2)n2nc(-c3ccccc3Cl)c(-c3ccc(Cl)cc3)c2n1. The van der Waals surface area contributed by atoms with Crippen LogP contribution in [0.15, 0.2) is 48.5 Å². The van der Waals surface area contributed by atoms with Crippen molar-refractivity contribution >= 4 is 34.8 Å². The Labute approximate surface area is 197 Å². The smallest absolute Gasteiger partial charge is 0.230 e. The fourth-order valence-corrected chi connectivity index (χ4v) is 4.52. The number of halogens is 2. The van der Waals surface area contributed by atoms with Crippen LogP contribution in [0.1, 0.15) is 19.7 Å². The Bertz CT molecular complexity index is 1280. The highest BCUT2D eigenvalue weighted by atomic mass is 35.5. The Morgan fingerprint density at radius 2 is 1.72 bits per heavy atom. The molecule has 1 N–H and O–H groups in total. The molecule has 0 bridgehead atoms. The molecule has 0 amide bonds. The summed E-state index contributed by atoms with van der Waals surface area (Å²) in [5.41, 5.74) is 4.28. The molecule has 4 aromatic rings. The number of aromatic nitrogens is 4. The van der Waals surface area contributed by atoms with E-state index in [0.29, 0.717) is 28.0 Å². The minimum atomic E-state index is 0.439. The van der Waals surface area contributed by atoms with Gasteiger partial charge in [0.1, 0.15) is 11.5 Å². The van der Waals surface area contributed by atoms with Gasteiger partial charge in [0.2, 0.25) is 5.95 Å². The summed E-state index contributed by atoms with van der Waals surface area (Å²) in [5.74, 6) is 1.50. The van der Waals surface area contributed by atoms with Crippen molar-refractivity contribution in [2.45, 2.75) is 32.9 Å². The first-order valence-corrected chi connectivity index (χ1v) is 11.5. The molecule has 0 radical (unpaired) electrons. The van der Waals surface area contributed by atoms with E-state index < -0.39 is 0 Å². The van der Waals surface area contributed by atoms with Gasteiger partial charge in [-0.15, -0.1) is 0 Å². The van der Waals surface area contributed by atoms with Crippen LogP contribution in [0, 0.1) is 6.92 Å². The van der Waals surface area contributed by atoms with E-state index in [2.05, 4.69) is 24.1 Å². The average Bonchev–Trinajstić information content (AvgIpc) is 3.10. The van der Waals surface area contributed by atoms with Crippen molar-refractivity contribution in [1.29, 1.82) is 0 Å². The zero-order chi connectivity index (χ0) is 22.4. The lowest BCUT2D eigenvalue weighted by molar-refractivity contribution is 0.382. The van der Waals surface area contributed by atoms with Gasteiger partial charge in [0.05, 0.1) is 10.6 Å². The van der Waals surface area contributed by atoms with Crippen molar-refractivity contribution < 1.29 is 0 Å². The molecule has 8 heteroatoms. The maximum Gasteiger partial charge on any atom is 0.230 e. The van der Waals surface area contributed by atoms with Gasteiger partial charge in [-0.2, -0.15) is 14.6 Å². The van der Waals surface area contributed by atoms with Gasteiger partial charge in [-0.1, -0.05) is 67.4 Å². The monoisotopic (exact) mass is 466 g/mol. The average molecular weight is 467 g/mol. The predicted molar refractivity (Wildman–Crippen MR) is 131 cm³/mol. The van der Waals surface area contributed by atoms with Gasteiger partial charge in [0.25, 0.3) is 0 Å². The first-order valence-electron chi connectivity index (χ1n) is 10.7. The predicted octanol–water partition coefficient (Wildman–Crippen LogP) is 5.26. The normalized spacial score (nSPS) is 14.4. The largest absolute Gasteiger partial charge is 0.337 e. The van der Waals surface area contributed by atoms with E-state index >= 15 is 0 Å². The molecule has 1 aliphatic rings. The quantitative estimate of drug-likeness (QED) is 0.434. The maximum atomic E-state index is 6.59. The molecule has 2 aromatic carbocycles. The highest BCUT2D eigenvalue weighted by molar-refractivity contribution is 6.33. The van der Waals surface area contributed by atoms with Crippen LogP contribution in [0.2, 0.25) is 10.0 Å². The number of nitrogens with one attached hydrogen (secondary N) is 1. The van der Waals surface area contributed by atoms with Crippen molar-refractivity contribution in [3.63, 3.8) is 0 Å². The van der Waals surface area contributed by atoms with Gasteiger partial charge in [-0.25, -0.2) is 4.98 Å². The second-order valence-corrected chi connectivity index (χ2v) is 9.28. The zero-order valence-corrected chi connectivity index (χ0v) is 19.7. The molecular weight excluding hydrogens is 443 g/mol. The lowest BCUT2D eigenvalue weighted by Gasteiger charge is -2.41. The Balaban J connectivity index is 1.70. The molecular formula is C24H24Cl2N6. The molecule has 0 unspecified atom stereocenters. The molecule has 164 valence electrons.